The molecule has 0 fully saturated rings. The molecule has 0 spiro atoms. The summed E-state index contributed by atoms with van der Waals surface area (Å²) in [5.41, 5.74) is 1.41. The van der Waals surface area contributed by atoms with Crippen LogP contribution < -0.4 is 10.0 Å². The molecule has 8 heteroatoms. The van der Waals surface area contributed by atoms with Crippen LogP contribution >= 0.6 is 15.9 Å². The average molecular weight is 359 g/mol. The van der Waals surface area contributed by atoms with E-state index in [-0.39, 0.29) is 4.90 Å². The molecule has 0 bridgehead atoms. The largest absolute Gasteiger partial charge is 0.313 e. The standard InChI is InChI=1S/C12H15BrN4O2S/c1-2-14-6-9-3-4-12(11(13)5-9)20(18,19)17-10-7-15-16-8-10/h3-5,7-8,14,17H,2,6H2,1H3,(H,15,16). The first-order valence-corrected chi connectivity index (χ1v) is 8.31. The van der Waals surface area contributed by atoms with Gasteiger partial charge < -0.3 is 5.32 Å². The second-order valence-electron chi connectivity index (χ2n) is 4.14. The van der Waals surface area contributed by atoms with Crippen molar-refractivity contribution in [3.8, 4) is 0 Å². The lowest BCUT2D eigenvalue weighted by molar-refractivity contribution is 0.600. The van der Waals surface area contributed by atoms with E-state index in [1.807, 2.05) is 6.92 Å². The van der Waals surface area contributed by atoms with Crippen molar-refractivity contribution >= 4 is 31.6 Å². The molecule has 1 aromatic carbocycles. The van der Waals surface area contributed by atoms with Gasteiger partial charge in [0.2, 0.25) is 0 Å². The summed E-state index contributed by atoms with van der Waals surface area (Å²) in [7, 11) is -3.63. The average Bonchev–Trinajstić information content (AvgIpc) is 2.88. The number of aromatic nitrogens is 2. The van der Waals surface area contributed by atoms with E-state index in [4.69, 9.17) is 0 Å². The molecule has 6 nitrogen and oxygen atoms in total. The number of benzene rings is 1. The third-order valence-corrected chi connectivity index (χ3v) is 4.97. The summed E-state index contributed by atoms with van der Waals surface area (Å²) in [6.45, 7) is 3.58. The normalized spacial score (nSPS) is 11.5. The van der Waals surface area contributed by atoms with Crippen LogP contribution in [0.5, 0.6) is 0 Å². The molecular formula is C12H15BrN4O2S. The Kier molecular flexibility index (Phi) is 4.79. The molecule has 20 heavy (non-hydrogen) atoms. The van der Waals surface area contributed by atoms with Crippen molar-refractivity contribution in [3.05, 3.63) is 40.6 Å². The van der Waals surface area contributed by atoms with E-state index in [0.29, 0.717) is 16.7 Å². The van der Waals surface area contributed by atoms with E-state index in [9.17, 15) is 8.42 Å². The highest BCUT2D eigenvalue weighted by molar-refractivity contribution is 9.10. The predicted molar refractivity (Wildman–Crippen MR) is 80.9 cm³/mol. The summed E-state index contributed by atoms with van der Waals surface area (Å²) >= 11 is 3.31. The van der Waals surface area contributed by atoms with Gasteiger partial charge >= 0.3 is 0 Å². The summed E-state index contributed by atoms with van der Waals surface area (Å²) in [5.74, 6) is 0. The van der Waals surface area contributed by atoms with Crippen LogP contribution in [0.2, 0.25) is 0 Å². The minimum absolute atomic E-state index is 0.193. The highest BCUT2D eigenvalue weighted by atomic mass is 79.9. The Hall–Kier alpha value is -1.38. The summed E-state index contributed by atoms with van der Waals surface area (Å²) < 4.78 is 27.5. The molecule has 0 amide bonds. The van der Waals surface area contributed by atoms with Crippen molar-refractivity contribution in [2.24, 2.45) is 0 Å². The van der Waals surface area contributed by atoms with Crippen LogP contribution in [-0.2, 0) is 16.6 Å². The van der Waals surface area contributed by atoms with Crippen LogP contribution in [0.25, 0.3) is 0 Å². The van der Waals surface area contributed by atoms with E-state index in [1.165, 1.54) is 12.4 Å². The predicted octanol–water partition coefficient (Wildman–Crippen LogP) is 2.08. The van der Waals surface area contributed by atoms with Crippen LogP contribution in [0.15, 0.2) is 40.0 Å². The van der Waals surface area contributed by atoms with Crippen molar-refractivity contribution in [1.29, 1.82) is 0 Å². The Balaban J connectivity index is 2.23. The zero-order valence-corrected chi connectivity index (χ0v) is 13.3. The monoisotopic (exact) mass is 358 g/mol. The molecule has 1 aromatic heterocycles. The summed E-state index contributed by atoms with van der Waals surface area (Å²) in [4.78, 5) is 0.193. The van der Waals surface area contributed by atoms with Gasteiger partial charge in [-0.25, -0.2) is 8.42 Å². The molecular weight excluding hydrogens is 344 g/mol. The number of rotatable bonds is 6. The van der Waals surface area contributed by atoms with Gasteiger partial charge in [-0.15, -0.1) is 0 Å². The van der Waals surface area contributed by atoms with Gasteiger partial charge in [0.1, 0.15) is 4.90 Å². The Bertz CT molecular complexity index is 671. The molecule has 2 aromatic rings. The molecule has 0 saturated heterocycles. The van der Waals surface area contributed by atoms with Crippen LogP contribution in [-0.4, -0.2) is 25.2 Å². The van der Waals surface area contributed by atoms with E-state index in [2.05, 4.69) is 36.2 Å². The lowest BCUT2D eigenvalue weighted by Gasteiger charge is -2.10. The summed E-state index contributed by atoms with van der Waals surface area (Å²) in [6.07, 6.45) is 2.88. The van der Waals surface area contributed by atoms with E-state index in [0.717, 1.165) is 12.1 Å². The fourth-order valence-electron chi connectivity index (χ4n) is 1.66. The van der Waals surface area contributed by atoms with Crippen LogP contribution in [0.3, 0.4) is 0 Å². The number of nitrogens with one attached hydrogen (secondary N) is 3. The SMILES string of the molecule is CCNCc1ccc(S(=O)(=O)Nc2cn[nH]c2)c(Br)c1. The Labute approximate surface area is 126 Å². The number of halogens is 1. The second kappa shape index (κ2) is 6.38. The highest BCUT2D eigenvalue weighted by Gasteiger charge is 2.18. The minimum Gasteiger partial charge on any atom is -0.313 e. The van der Waals surface area contributed by atoms with Crippen molar-refractivity contribution in [3.63, 3.8) is 0 Å². The maximum atomic E-state index is 12.2. The van der Waals surface area contributed by atoms with Crippen molar-refractivity contribution < 1.29 is 8.42 Å². The van der Waals surface area contributed by atoms with Crippen LogP contribution in [0.1, 0.15) is 12.5 Å². The number of H-pyrrole nitrogens is 1. The number of hydrogen-bond acceptors (Lipinski definition) is 4. The maximum Gasteiger partial charge on any atom is 0.263 e. The van der Waals surface area contributed by atoms with E-state index >= 15 is 0 Å². The molecule has 0 aliphatic rings. The zero-order valence-electron chi connectivity index (χ0n) is 10.9. The van der Waals surface area contributed by atoms with Gasteiger partial charge in [-0.1, -0.05) is 13.0 Å². The summed E-state index contributed by atoms with van der Waals surface area (Å²) in [5, 5.41) is 9.44. The van der Waals surface area contributed by atoms with Gasteiger partial charge in [0.15, 0.2) is 0 Å². The number of aromatic amines is 1. The minimum atomic E-state index is -3.63. The number of nitrogens with zero attached hydrogens (tertiary/aromatic N) is 1. The van der Waals surface area contributed by atoms with Gasteiger partial charge in [-0.2, -0.15) is 5.10 Å². The maximum absolute atomic E-state index is 12.2. The fraction of sp³-hybridized carbons (Fsp3) is 0.250. The molecule has 0 radical (unpaired) electrons. The molecule has 0 aliphatic carbocycles. The fourth-order valence-corrected chi connectivity index (χ4v) is 3.82. The van der Waals surface area contributed by atoms with Gasteiger partial charge in [0, 0.05) is 17.2 Å². The molecule has 1 heterocycles. The topological polar surface area (TPSA) is 86.9 Å². The first-order chi connectivity index (χ1) is 9.53. The Morgan fingerprint density at radius 1 is 1.40 bits per heavy atom. The van der Waals surface area contributed by atoms with Crippen molar-refractivity contribution in [2.75, 3.05) is 11.3 Å². The number of hydrogen-bond donors (Lipinski definition) is 3. The van der Waals surface area contributed by atoms with Crippen LogP contribution in [0, 0.1) is 0 Å². The van der Waals surface area contributed by atoms with E-state index < -0.39 is 10.0 Å². The molecule has 0 unspecified atom stereocenters. The Morgan fingerprint density at radius 2 is 2.20 bits per heavy atom. The third kappa shape index (κ3) is 3.59. The zero-order chi connectivity index (χ0) is 14.6. The van der Waals surface area contributed by atoms with E-state index in [1.54, 1.807) is 18.2 Å². The lowest BCUT2D eigenvalue weighted by Crippen LogP contribution is -2.14. The first-order valence-electron chi connectivity index (χ1n) is 6.03. The molecule has 0 atom stereocenters. The molecule has 108 valence electrons. The first kappa shape index (κ1) is 15.0. The molecule has 2 rings (SSSR count). The highest BCUT2D eigenvalue weighted by Crippen LogP contribution is 2.25. The van der Waals surface area contributed by atoms with Crippen LogP contribution in [0.4, 0.5) is 5.69 Å². The quantitative estimate of drug-likeness (QED) is 0.737. The van der Waals surface area contributed by atoms with Gasteiger partial charge in [0.25, 0.3) is 10.0 Å². The van der Waals surface area contributed by atoms with Gasteiger partial charge in [-0.3, -0.25) is 9.82 Å². The van der Waals surface area contributed by atoms with Crippen molar-refractivity contribution in [2.45, 2.75) is 18.4 Å². The molecule has 3 N–H and O–H groups in total. The lowest BCUT2D eigenvalue weighted by atomic mass is 10.2. The van der Waals surface area contributed by atoms with Gasteiger partial charge in [-0.05, 0) is 40.2 Å². The third-order valence-electron chi connectivity index (χ3n) is 2.62. The second-order valence-corrected chi connectivity index (χ2v) is 6.64. The summed E-state index contributed by atoms with van der Waals surface area (Å²) in [6, 6.07) is 5.17. The Morgan fingerprint density at radius 3 is 2.80 bits per heavy atom. The molecule has 0 aliphatic heterocycles. The smallest absolute Gasteiger partial charge is 0.263 e. The van der Waals surface area contributed by atoms with Gasteiger partial charge in [0.05, 0.1) is 11.9 Å². The number of sulfonamides is 1. The molecule has 0 saturated carbocycles. The number of anilines is 1. The van der Waals surface area contributed by atoms with Crippen molar-refractivity contribution in [1.82, 2.24) is 15.5 Å².